The number of nitrogens with two attached hydrogens (primary N) is 2. The van der Waals surface area contributed by atoms with Crippen LogP contribution in [0.5, 0.6) is 5.75 Å². The van der Waals surface area contributed by atoms with Gasteiger partial charge in [-0.3, -0.25) is 0 Å². The number of likely N-dealkylation sites (N-methyl/N-ethyl adjacent to an activating group) is 1. The molecule has 0 aliphatic carbocycles. The highest BCUT2D eigenvalue weighted by atomic mass is 16.5. The molecule has 0 saturated carbocycles. The predicted octanol–water partition coefficient (Wildman–Crippen LogP) is 1.35. The summed E-state index contributed by atoms with van der Waals surface area (Å²) in [5.74, 6) is 0.737. The van der Waals surface area contributed by atoms with Gasteiger partial charge in [-0.1, -0.05) is 12.2 Å². The average Bonchev–Trinajstić information content (AvgIpc) is 2.22. The van der Waals surface area contributed by atoms with Gasteiger partial charge in [0.05, 0.1) is 11.4 Å². The molecule has 4 N–H and O–H groups in total. The van der Waals surface area contributed by atoms with E-state index in [2.05, 4.69) is 11.0 Å². The van der Waals surface area contributed by atoms with Gasteiger partial charge in [0.1, 0.15) is 12.4 Å². The third kappa shape index (κ3) is 4.23. The molecule has 1 aromatic carbocycles. The molecule has 1 rings (SSSR count). The van der Waals surface area contributed by atoms with Gasteiger partial charge in [0.2, 0.25) is 0 Å². The van der Waals surface area contributed by atoms with Gasteiger partial charge < -0.3 is 21.1 Å². The van der Waals surface area contributed by atoms with Crippen molar-refractivity contribution in [2.75, 3.05) is 38.7 Å². The van der Waals surface area contributed by atoms with Gasteiger partial charge in [-0.2, -0.15) is 0 Å². The number of anilines is 2. The lowest BCUT2D eigenvalue weighted by Gasteiger charge is -2.06. The summed E-state index contributed by atoms with van der Waals surface area (Å²) in [6.45, 7) is 1.45. The summed E-state index contributed by atoms with van der Waals surface area (Å²) in [5, 5.41) is 0. The topological polar surface area (TPSA) is 64.5 Å². The Morgan fingerprint density at radius 3 is 2.56 bits per heavy atom. The number of benzene rings is 1. The Bertz CT molecular complexity index is 361. The largest absolute Gasteiger partial charge is 0.489 e. The number of nitrogen functional groups attached to an aromatic ring is 2. The van der Waals surface area contributed by atoms with Gasteiger partial charge in [0, 0.05) is 12.6 Å². The lowest BCUT2D eigenvalue weighted by atomic mass is 10.2. The molecule has 4 heteroatoms. The molecule has 0 saturated heterocycles. The van der Waals surface area contributed by atoms with Gasteiger partial charge in [-0.15, -0.1) is 0 Å². The van der Waals surface area contributed by atoms with Gasteiger partial charge in [-0.25, -0.2) is 0 Å². The molecular weight excluding hydrogens is 202 g/mol. The molecule has 88 valence electrons. The van der Waals surface area contributed by atoms with E-state index in [0.717, 1.165) is 12.3 Å². The number of nitrogens with zero attached hydrogens (tertiary/aromatic N) is 1. The molecule has 0 amide bonds. The van der Waals surface area contributed by atoms with Crippen LogP contribution in [0.15, 0.2) is 30.4 Å². The molecule has 0 bridgehead atoms. The van der Waals surface area contributed by atoms with Crippen LogP contribution in [0.4, 0.5) is 11.4 Å². The maximum Gasteiger partial charge on any atom is 0.121 e. The van der Waals surface area contributed by atoms with Crippen molar-refractivity contribution in [3.05, 3.63) is 30.4 Å². The van der Waals surface area contributed by atoms with Crippen molar-refractivity contribution in [2.45, 2.75) is 0 Å². The molecule has 0 spiro atoms. The Labute approximate surface area is 96.5 Å². The van der Waals surface area contributed by atoms with E-state index in [1.165, 1.54) is 0 Å². The Morgan fingerprint density at radius 1 is 1.19 bits per heavy atom. The Kier molecular flexibility index (Phi) is 4.66. The van der Waals surface area contributed by atoms with Crippen LogP contribution >= 0.6 is 0 Å². The molecule has 0 unspecified atom stereocenters. The van der Waals surface area contributed by atoms with Crippen LogP contribution in [0, 0.1) is 0 Å². The van der Waals surface area contributed by atoms with Gasteiger partial charge in [0.25, 0.3) is 0 Å². The third-order valence-electron chi connectivity index (χ3n) is 2.04. The summed E-state index contributed by atoms with van der Waals surface area (Å²) < 4.78 is 5.48. The number of hydrogen-bond donors (Lipinski definition) is 2. The molecule has 4 nitrogen and oxygen atoms in total. The molecule has 0 radical (unpaired) electrons. The molecule has 0 atom stereocenters. The van der Waals surface area contributed by atoms with Gasteiger partial charge in [0.15, 0.2) is 0 Å². The maximum atomic E-state index is 5.66. The zero-order valence-electron chi connectivity index (χ0n) is 9.81. The fraction of sp³-hybridized carbons (Fsp3) is 0.333. The highest BCUT2D eigenvalue weighted by Crippen LogP contribution is 2.21. The Balaban J connectivity index is 2.37. The lowest BCUT2D eigenvalue weighted by molar-refractivity contribution is 0.361. The monoisotopic (exact) mass is 221 g/mol. The van der Waals surface area contributed by atoms with E-state index < -0.39 is 0 Å². The third-order valence-corrected chi connectivity index (χ3v) is 2.04. The van der Waals surface area contributed by atoms with E-state index in [-0.39, 0.29) is 0 Å². The molecule has 0 heterocycles. The molecule has 0 aromatic heterocycles. The molecular formula is C12H19N3O. The zero-order valence-corrected chi connectivity index (χ0v) is 9.81. The summed E-state index contributed by atoms with van der Waals surface area (Å²) in [5.41, 5.74) is 12.4. The van der Waals surface area contributed by atoms with Crippen LogP contribution in [0.3, 0.4) is 0 Å². The van der Waals surface area contributed by atoms with Crippen LogP contribution in [0.1, 0.15) is 0 Å². The highest BCUT2D eigenvalue weighted by Gasteiger charge is 1.96. The maximum absolute atomic E-state index is 5.66. The quantitative estimate of drug-likeness (QED) is 0.582. The van der Waals surface area contributed by atoms with Crippen LogP contribution in [-0.2, 0) is 0 Å². The van der Waals surface area contributed by atoms with E-state index in [1.54, 1.807) is 12.1 Å². The SMILES string of the molecule is CN(C)C/C=C/COc1ccc(N)c(N)c1. The molecule has 0 fully saturated rings. The summed E-state index contributed by atoms with van der Waals surface area (Å²) in [7, 11) is 4.04. The molecule has 1 aromatic rings. The second-order valence-corrected chi connectivity index (χ2v) is 3.84. The molecule has 0 aliphatic rings. The average molecular weight is 221 g/mol. The van der Waals surface area contributed by atoms with Crippen molar-refractivity contribution in [1.29, 1.82) is 0 Å². The van der Waals surface area contributed by atoms with Crippen LogP contribution in [0.2, 0.25) is 0 Å². The van der Waals surface area contributed by atoms with E-state index in [9.17, 15) is 0 Å². The first-order chi connectivity index (χ1) is 7.59. The van der Waals surface area contributed by atoms with E-state index in [4.69, 9.17) is 16.2 Å². The fourth-order valence-corrected chi connectivity index (χ4v) is 1.14. The van der Waals surface area contributed by atoms with Crippen molar-refractivity contribution in [1.82, 2.24) is 4.90 Å². The van der Waals surface area contributed by atoms with E-state index in [1.807, 2.05) is 26.2 Å². The summed E-state index contributed by atoms with van der Waals surface area (Å²) in [6, 6.07) is 5.29. The first-order valence-electron chi connectivity index (χ1n) is 5.17. The number of ether oxygens (including phenoxy) is 1. The number of hydrogen-bond acceptors (Lipinski definition) is 4. The summed E-state index contributed by atoms with van der Waals surface area (Å²) in [6.07, 6.45) is 4.03. The normalized spacial score (nSPS) is 11.2. The first-order valence-corrected chi connectivity index (χ1v) is 5.17. The summed E-state index contributed by atoms with van der Waals surface area (Å²) >= 11 is 0. The van der Waals surface area contributed by atoms with E-state index >= 15 is 0 Å². The minimum absolute atomic E-state index is 0.539. The van der Waals surface area contributed by atoms with Gasteiger partial charge >= 0.3 is 0 Å². The highest BCUT2D eigenvalue weighted by molar-refractivity contribution is 5.65. The lowest BCUT2D eigenvalue weighted by Crippen LogP contribution is -2.10. The minimum Gasteiger partial charge on any atom is -0.489 e. The second-order valence-electron chi connectivity index (χ2n) is 3.84. The first kappa shape index (κ1) is 12.4. The van der Waals surface area contributed by atoms with Crippen molar-refractivity contribution in [3.8, 4) is 5.75 Å². The fourth-order valence-electron chi connectivity index (χ4n) is 1.14. The number of rotatable bonds is 5. The summed E-state index contributed by atoms with van der Waals surface area (Å²) in [4.78, 5) is 2.08. The van der Waals surface area contributed by atoms with Crippen molar-refractivity contribution >= 4 is 11.4 Å². The Morgan fingerprint density at radius 2 is 1.94 bits per heavy atom. The standard InChI is InChI=1S/C12H19N3O/c1-15(2)7-3-4-8-16-10-5-6-11(13)12(14)9-10/h3-6,9H,7-8,13-14H2,1-2H3/b4-3+. The van der Waals surface area contributed by atoms with Crippen molar-refractivity contribution < 1.29 is 4.74 Å². The smallest absolute Gasteiger partial charge is 0.121 e. The Hall–Kier alpha value is -1.68. The van der Waals surface area contributed by atoms with Crippen molar-refractivity contribution in [2.24, 2.45) is 0 Å². The minimum atomic E-state index is 0.539. The van der Waals surface area contributed by atoms with Crippen LogP contribution < -0.4 is 16.2 Å². The van der Waals surface area contributed by atoms with Gasteiger partial charge in [-0.05, 0) is 26.2 Å². The zero-order chi connectivity index (χ0) is 12.0. The van der Waals surface area contributed by atoms with E-state index in [0.29, 0.717) is 18.0 Å². The second kappa shape index (κ2) is 6.02. The van der Waals surface area contributed by atoms with Crippen LogP contribution in [-0.4, -0.2) is 32.1 Å². The predicted molar refractivity (Wildman–Crippen MR) is 68.5 cm³/mol. The molecule has 0 aliphatic heterocycles. The molecule has 16 heavy (non-hydrogen) atoms. The van der Waals surface area contributed by atoms with Crippen molar-refractivity contribution in [3.63, 3.8) is 0 Å². The van der Waals surface area contributed by atoms with Crippen LogP contribution in [0.25, 0.3) is 0 Å².